The Morgan fingerprint density at radius 1 is 1.30 bits per heavy atom. The lowest BCUT2D eigenvalue weighted by atomic mass is 9.96. The molecule has 1 heterocycles. The molecule has 0 aromatic rings. The van der Waals surface area contributed by atoms with Crippen molar-refractivity contribution in [3.63, 3.8) is 0 Å². The molecule has 0 aromatic carbocycles. The predicted molar refractivity (Wildman–Crippen MR) is 78.2 cm³/mol. The van der Waals surface area contributed by atoms with E-state index in [9.17, 15) is 9.59 Å². The molecule has 1 rings (SSSR count). The van der Waals surface area contributed by atoms with Crippen molar-refractivity contribution in [1.82, 2.24) is 10.2 Å². The number of ether oxygens (including phenoxy) is 1. The maximum atomic E-state index is 12.5. The third kappa shape index (κ3) is 4.20. The summed E-state index contributed by atoms with van der Waals surface area (Å²) in [7, 11) is 0. The normalized spacial score (nSPS) is 17.6. The number of rotatable bonds is 5. The lowest BCUT2D eigenvalue weighted by molar-refractivity contribution is -0.168. The summed E-state index contributed by atoms with van der Waals surface area (Å²) in [6, 6.07) is -0.507. The Morgan fingerprint density at radius 3 is 2.15 bits per heavy atom. The van der Waals surface area contributed by atoms with Gasteiger partial charge >= 0.3 is 5.97 Å². The van der Waals surface area contributed by atoms with Gasteiger partial charge in [0.15, 0.2) is 0 Å². The van der Waals surface area contributed by atoms with Crippen molar-refractivity contribution in [1.29, 1.82) is 0 Å². The summed E-state index contributed by atoms with van der Waals surface area (Å²) in [6.07, 6.45) is 0. The van der Waals surface area contributed by atoms with Gasteiger partial charge in [0.2, 0.25) is 5.91 Å². The summed E-state index contributed by atoms with van der Waals surface area (Å²) in [5, 5.41) is 3.09. The average molecular weight is 284 g/mol. The SMILES string of the molecule is CCN(C(=O)C1CNC1)[C@H](C(=O)OC(C)(C)C)C(C)C. The second kappa shape index (κ2) is 6.57. The fourth-order valence-electron chi connectivity index (χ4n) is 2.31. The van der Waals surface area contributed by atoms with E-state index >= 15 is 0 Å². The zero-order valence-electron chi connectivity index (χ0n) is 13.5. The number of amides is 1. The van der Waals surface area contributed by atoms with Crippen LogP contribution in [0.5, 0.6) is 0 Å². The molecular weight excluding hydrogens is 256 g/mol. The van der Waals surface area contributed by atoms with Crippen molar-refractivity contribution in [2.45, 2.75) is 53.2 Å². The predicted octanol–water partition coefficient (Wildman–Crippen LogP) is 1.42. The van der Waals surface area contributed by atoms with E-state index in [2.05, 4.69) is 5.32 Å². The van der Waals surface area contributed by atoms with Crippen LogP contribution < -0.4 is 5.32 Å². The molecule has 1 aliphatic rings. The van der Waals surface area contributed by atoms with Crippen molar-refractivity contribution in [3.8, 4) is 0 Å². The number of carbonyl (C=O) groups excluding carboxylic acids is 2. The molecular formula is C15H28N2O3. The highest BCUT2D eigenvalue weighted by molar-refractivity contribution is 5.87. The van der Waals surface area contributed by atoms with Crippen LogP contribution in [0.25, 0.3) is 0 Å². The minimum Gasteiger partial charge on any atom is -0.458 e. The molecule has 0 spiro atoms. The van der Waals surface area contributed by atoms with Gasteiger partial charge in [-0.1, -0.05) is 13.8 Å². The first-order chi connectivity index (χ1) is 9.17. The zero-order chi connectivity index (χ0) is 15.5. The highest BCUT2D eigenvalue weighted by Crippen LogP contribution is 2.20. The van der Waals surface area contributed by atoms with Gasteiger partial charge in [0.1, 0.15) is 11.6 Å². The third-order valence-electron chi connectivity index (χ3n) is 3.37. The number of esters is 1. The second-order valence-electron chi connectivity index (χ2n) is 6.70. The van der Waals surface area contributed by atoms with E-state index in [4.69, 9.17) is 4.74 Å². The van der Waals surface area contributed by atoms with Gasteiger partial charge in [-0.15, -0.1) is 0 Å². The second-order valence-corrected chi connectivity index (χ2v) is 6.70. The fourth-order valence-corrected chi connectivity index (χ4v) is 2.31. The molecule has 1 atom stereocenters. The molecule has 0 aromatic heterocycles. The summed E-state index contributed by atoms with van der Waals surface area (Å²) < 4.78 is 5.48. The molecule has 5 nitrogen and oxygen atoms in total. The van der Waals surface area contributed by atoms with Crippen molar-refractivity contribution < 1.29 is 14.3 Å². The first kappa shape index (κ1) is 17.0. The average Bonchev–Trinajstić information content (AvgIpc) is 2.19. The lowest BCUT2D eigenvalue weighted by Gasteiger charge is -2.38. The Labute approximate surface area is 122 Å². The monoisotopic (exact) mass is 284 g/mol. The molecule has 0 bridgehead atoms. The van der Waals surface area contributed by atoms with Crippen LogP contribution in [0, 0.1) is 11.8 Å². The van der Waals surface area contributed by atoms with Crippen LogP contribution in [0.2, 0.25) is 0 Å². The van der Waals surface area contributed by atoms with Gasteiger partial charge in [0, 0.05) is 19.6 Å². The van der Waals surface area contributed by atoms with Crippen LogP contribution in [0.3, 0.4) is 0 Å². The van der Waals surface area contributed by atoms with Crippen LogP contribution >= 0.6 is 0 Å². The molecule has 5 heteroatoms. The molecule has 0 saturated carbocycles. The van der Waals surface area contributed by atoms with Crippen molar-refractivity contribution in [3.05, 3.63) is 0 Å². The largest absolute Gasteiger partial charge is 0.458 e. The minimum atomic E-state index is -0.537. The number of hydrogen-bond donors (Lipinski definition) is 1. The Balaban J connectivity index is 2.86. The summed E-state index contributed by atoms with van der Waals surface area (Å²) in [4.78, 5) is 26.5. The molecule has 20 heavy (non-hydrogen) atoms. The maximum Gasteiger partial charge on any atom is 0.329 e. The smallest absolute Gasteiger partial charge is 0.329 e. The molecule has 0 radical (unpaired) electrons. The van der Waals surface area contributed by atoms with Gasteiger partial charge in [-0.2, -0.15) is 0 Å². The molecule has 0 unspecified atom stereocenters. The third-order valence-corrected chi connectivity index (χ3v) is 3.37. The maximum absolute atomic E-state index is 12.5. The van der Waals surface area contributed by atoms with Crippen LogP contribution in [-0.4, -0.2) is 48.1 Å². The summed E-state index contributed by atoms with van der Waals surface area (Å²) >= 11 is 0. The van der Waals surface area contributed by atoms with E-state index in [0.717, 1.165) is 0 Å². The fraction of sp³-hybridized carbons (Fsp3) is 0.867. The van der Waals surface area contributed by atoms with Crippen LogP contribution in [0.15, 0.2) is 0 Å². The van der Waals surface area contributed by atoms with Gasteiger partial charge in [-0.05, 0) is 33.6 Å². The molecule has 1 saturated heterocycles. The van der Waals surface area contributed by atoms with Crippen molar-refractivity contribution in [2.75, 3.05) is 19.6 Å². The number of nitrogens with zero attached hydrogens (tertiary/aromatic N) is 1. The number of nitrogens with one attached hydrogen (secondary N) is 1. The number of hydrogen-bond acceptors (Lipinski definition) is 4. The number of likely N-dealkylation sites (N-methyl/N-ethyl adjacent to an activating group) is 1. The molecule has 1 fully saturated rings. The van der Waals surface area contributed by atoms with Crippen LogP contribution in [0.1, 0.15) is 41.5 Å². The summed E-state index contributed by atoms with van der Waals surface area (Å²) in [5.74, 6) is -0.230. The molecule has 0 aliphatic carbocycles. The highest BCUT2D eigenvalue weighted by Gasteiger charge is 2.38. The molecule has 1 N–H and O–H groups in total. The van der Waals surface area contributed by atoms with Crippen LogP contribution in [-0.2, 0) is 14.3 Å². The summed E-state index contributed by atoms with van der Waals surface area (Å²) in [6.45, 7) is 13.3. The lowest BCUT2D eigenvalue weighted by Crippen LogP contribution is -2.57. The van der Waals surface area contributed by atoms with E-state index in [-0.39, 0.29) is 23.7 Å². The molecule has 1 aliphatic heterocycles. The van der Waals surface area contributed by atoms with Gasteiger partial charge in [-0.3, -0.25) is 4.79 Å². The van der Waals surface area contributed by atoms with Gasteiger partial charge in [-0.25, -0.2) is 4.79 Å². The summed E-state index contributed by atoms with van der Waals surface area (Å²) in [5.41, 5.74) is -0.537. The van der Waals surface area contributed by atoms with Crippen molar-refractivity contribution >= 4 is 11.9 Å². The Kier molecular flexibility index (Phi) is 5.57. The zero-order valence-corrected chi connectivity index (χ0v) is 13.5. The van der Waals surface area contributed by atoms with E-state index in [1.807, 2.05) is 41.5 Å². The number of carbonyl (C=O) groups is 2. The van der Waals surface area contributed by atoms with Gasteiger partial charge < -0.3 is 15.0 Å². The van der Waals surface area contributed by atoms with E-state index in [1.54, 1.807) is 4.90 Å². The minimum absolute atomic E-state index is 0.00126. The van der Waals surface area contributed by atoms with E-state index in [0.29, 0.717) is 19.6 Å². The van der Waals surface area contributed by atoms with Gasteiger partial charge in [0.05, 0.1) is 5.92 Å². The van der Waals surface area contributed by atoms with Gasteiger partial charge in [0.25, 0.3) is 0 Å². The molecule has 116 valence electrons. The Hall–Kier alpha value is -1.10. The Bertz CT molecular complexity index is 357. The molecule has 1 amide bonds. The standard InChI is InChI=1S/C15H28N2O3/c1-7-17(13(18)11-8-16-9-11)12(10(2)3)14(19)20-15(4,5)6/h10-12,16H,7-9H2,1-6H3/t12-/m0/s1. The van der Waals surface area contributed by atoms with E-state index in [1.165, 1.54) is 0 Å². The van der Waals surface area contributed by atoms with Crippen LogP contribution in [0.4, 0.5) is 0 Å². The quantitative estimate of drug-likeness (QED) is 0.776. The van der Waals surface area contributed by atoms with E-state index < -0.39 is 11.6 Å². The Morgan fingerprint density at radius 2 is 1.85 bits per heavy atom. The van der Waals surface area contributed by atoms with Crippen molar-refractivity contribution in [2.24, 2.45) is 11.8 Å². The highest BCUT2D eigenvalue weighted by atomic mass is 16.6. The first-order valence-electron chi connectivity index (χ1n) is 7.41. The first-order valence-corrected chi connectivity index (χ1v) is 7.41. The topological polar surface area (TPSA) is 58.6 Å².